The van der Waals surface area contributed by atoms with E-state index in [1.165, 1.54) is 22.8 Å². The zero-order chi connectivity index (χ0) is 12.4. The Balaban J connectivity index is 1.88. The average molecular weight is 239 g/mol. The lowest BCUT2D eigenvalue weighted by atomic mass is 10.2. The number of amides is 2. The minimum absolute atomic E-state index is 0.00625. The second-order valence-corrected chi connectivity index (χ2v) is 3.89. The molecule has 0 unspecified atom stereocenters. The molecule has 17 heavy (non-hydrogen) atoms. The van der Waals surface area contributed by atoms with Crippen molar-refractivity contribution >= 4 is 17.6 Å². The first-order chi connectivity index (χ1) is 8.04. The molecule has 0 aromatic carbocycles. The van der Waals surface area contributed by atoms with Gasteiger partial charge in [0.2, 0.25) is 11.8 Å². The molecule has 0 saturated carbocycles. The lowest BCUT2D eigenvalue weighted by Gasteiger charge is -2.35. The van der Waals surface area contributed by atoms with Gasteiger partial charge >= 0.3 is 0 Å². The SMILES string of the molecule is CC(=O)Nc1cnn(CC(=O)N2CC(O)C2)n1. The van der Waals surface area contributed by atoms with Crippen LogP contribution in [0.15, 0.2) is 6.20 Å². The number of anilines is 1. The maximum atomic E-state index is 11.6. The summed E-state index contributed by atoms with van der Waals surface area (Å²) in [6.07, 6.45) is 0.957. The highest BCUT2D eigenvalue weighted by atomic mass is 16.3. The first-order valence-corrected chi connectivity index (χ1v) is 5.18. The van der Waals surface area contributed by atoms with Crippen LogP contribution in [0.5, 0.6) is 0 Å². The molecule has 1 saturated heterocycles. The van der Waals surface area contributed by atoms with Gasteiger partial charge in [-0.1, -0.05) is 0 Å². The standard InChI is InChI=1S/C9H13N5O3/c1-6(15)11-8-2-10-14(12-8)5-9(17)13-3-7(16)4-13/h2,7,16H,3-5H2,1H3,(H,11,12,15). The van der Waals surface area contributed by atoms with Gasteiger partial charge in [-0.05, 0) is 0 Å². The van der Waals surface area contributed by atoms with Crippen molar-refractivity contribution in [1.82, 2.24) is 19.9 Å². The van der Waals surface area contributed by atoms with Gasteiger partial charge in [0.25, 0.3) is 0 Å². The number of likely N-dealkylation sites (tertiary alicyclic amines) is 1. The van der Waals surface area contributed by atoms with Gasteiger partial charge in [-0.15, -0.1) is 5.10 Å². The van der Waals surface area contributed by atoms with Crippen molar-refractivity contribution in [2.24, 2.45) is 0 Å². The molecule has 1 aromatic heterocycles. The van der Waals surface area contributed by atoms with Crippen LogP contribution in [-0.2, 0) is 16.1 Å². The molecule has 2 N–H and O–H groups in total. The molecule has 2 rings (SSSR count). The zero-order valence-corrected chi connectivity index (χ0v) is 9.33. The quantitative estimate of drug-likeness (QED) is 0.664. The van der Waals surface area contributed by atoms with E-state index in [9.17, 15) is 9.59 Å². The fourth-order valence-corrected chi connectivity index (χ4v) is 1.49. The molecule has 0 bridgehead atoms. The topological polar surface area (TPSA) is 100 Å². The fourth-order valence-electron chi connectivity index (χ4n) is 1.49. The van der Waals surface area contributed by atoms with Crippen molar-refractivity contribution in [3.8, 4) is 0 Å². The Morgan fingerprint density at radius 2 is 2.29 bits per heavy atom. The fraction of sp³-hybridized carbons (Fsp3) is 0.556. The Hall–Kier alpha value is -1.96. The number of nitrogens with one attached hydrogen (secondary N) is 1. The summed E-state index contributed by atoms with van der Waals surface area (Å²) < 4.78 is 0. The van der Waals surface area contributed by atoms with E-state index in [1.54, 1.807) is 0 Å². The summed E-state index contributed by atoms with van der Waals surface area (Å²) in [4.78, 5) is 25.1. The van der Waals surface area contributed by atoms with Crippen LogP contribution in [-0.4, -0.2) is 56.0 Å². The van der Waals surface area contributed by atoms with Gasteiger partial charge in [0, 0.05) is 20.0 Å². The number of rotatable bonds is 3. The Bertz CT molecular complexity index is 438. The number of carbonyl (C=O) groups is 2. The predicted octanol–water partition coefficient (Wildman–Crippen LogP) is -1.56. The van der Waals surface area contributed by atoms with E-state index < -0.39 is 6.10 Å². The van der Waals surface area contributed by atoms with E-state index in [-0.39, 0.29) is 18.4 Å². The maximum absolute atomic E-state index is 11.6. The van der Waals surface area contributed by atoms with Crippen LogP contribution in [0.25, 0.3) is 0 Å². The Kier molecular flexibility index (Phi) is 3.05. The molecule has 2 heterocycles. The minimum Gasteiger partial charge on any atom is -0.389 e. The molecule has 92 valence electrons. The third-order valence-electron chi connectivity index (χ3n) is 2.33. The van der Waals surface area contributed by atoms with Crippen LogP contribution in [0.1, 0.15) is 6.92 Å². The van der Waals surface area contributed by atoms with Gasteiger partial charge in [0.1, 0.15) is 6.54 Å². The van der Waals surface area contributed by atoms with Gasteiger partial charge < -0.3 is 15.3 Å². The second-order valence-electron chi connectivity index (χ2n) is 3.89. The Labute approximate surface area is 97.2 Å². The smallest absolute Gasteiger partial charge is 0.246 e. The molecule has 1 aromatic rings. The zero-order valence-electron chi connectivity index (χ0n) is 9.33. The molecule has 1 fully saturated rings. The van der Waals surface area contributed by atoms with Crippen molar-refractivity contribution in [3.05, 3.63) is 6.20 Å². The Morgan fingerprint density at radius 1 is 1.59 bits per heavy atom. The van der Waals surface area contributed by atoms with Crippen LogP contribution in [0.4, 0.5) is 5.82 Å². The van der Waals surface area contributed by atoms with E-state index in [2.05, 4.69) is 15.5 Å². The van der Waals surface area contributed by atoms with Crippen LogP contribution in [0.2, 0.25) is 0 Å². The number of hydrogen-bond donors (Lipinski definition) is 2. The molecular formula is C9H13N5O3. The van der Waals surface area contributed by atoms with Crippen LogP contribution in [0.3, 0.4) is 0 Å². The molecule has 0 aliphatic carbocycles. The van der Waals surface area contributed by atoms with Gasteiger partial charge in [-0.25, -0.2) is 0 Å². The average Bonchev–Trinajstić information content (AvgIpc) is 2.59. The van der Waals surface area contributed by atoms with E-state index in [0.717, 1.165) is 0 Å². The van der Waals surface area contributed by atoms with E-state index in [4.69, 9.17) is 5.11 Å². The van der Waals surface area contributed by atoms with Crippen LogP contribution < -0.4 is 5.32 Å². The summed E-state index contributed by atoms with van der Waals surface area (Å²) in [6, 6.07) is 0. The molecule has 8 nitrogen and oxygen atoms in total. The molecule has 1 aliphatic heterocycles. The normalized spacial score (nSPS) is 15.5. The van der Waals surface area contributed by atoms with Crippen molar-refractivity contribution in [3.63, 3.8) is 0 Å². The summed E-state index contributed by atoms with van der Waals surface area (Å²) in [5.74, 6) is -0.0801. The molecular weight excluding hydrogens is 226 g/mol. The number of hydrogen-bond acceptors (Lipinski definition) is 5. The maximum Gasteiger partial charge on any atom is 0.246 e. The molecule has 8 heteroatoms. The number of aliphatic hydroxyl groups excluding tert-OH is 1. The number of β-amino-alcohol motifs (C(OH)–C–C–N with tert-alkyl or cyclic N) is 1. The molecule has 2 amide bonds. The summed E-state index contributed by atoms with van der Waals surface area (Å²) in [7, 11) is 0. The van der Waals surface area contributed by atoms with Gasteiger partial charge in [-0.3, -0.25) is 9.59 Å². The van der Waals surface area contributed by atoms with Gasteiger partial charge in [-0.2, -0.15) is 9.90 Å². The third-order valence-corrected chi connectivity index (χ3v) is 2.33. The highest BCUT2D eigenvalue weighted by molar-refractivity contribution is 5.87. The number of nitrogens with zero attached hydrogens (tertiary/aromatic N) is 4. The molecule has 0 radical (unpaired) electrons. The monoisotopic (exact) mass is 239 g/mol. The molecule has 1 aliphatic rings. The summed E-state index contributed by atoms with van der Waals surface area (Å²) in [5, 5.41) is 19.3. The van der Waals surface area contributed by atoms with Gasteiger partial charge in [0.15, 0.2) is 5.82 Å². The van der Waals surface area contributed by atoms with Crippen molar-refractivity contribution in [1.29, 1.82) is 0 Å². The van der Waals surface area contributed by atoms with Gasteiger partial charge in [0.05, 0.1) is 12.3 Å². The first-order valence-electron chi connectivity index (χ1n) is 5.18. The van der Waals surface area contributed by atoms with Crippen LogP contribution in [0, 0.1) is 0 Å². The van der Waals surface area contributed by atoms with E-state index in [1.807, 2.05) is 0 Å². The molecule has 0 atom stereocenters. The van der Waals surface area contributed by atoms with Crippen molar-refractivity contribution in [2.45, 2.75) is 19.6 Å². The molecule has 0 spiro atoms. The van der Waals surface area contributed by atoms with E-state index in [0.29, 0.717) is 18.9 Å². The summed E-state index contributed by atoms with van der Waals surface area (Å²) in [6.45, 7) is 2.09. The minimum atomic E-state index is -0.417. The number of carbonyl (C=O) groups excluding carboxylic acids is 2. The predicted molar refractivity (Wildman–Crippen MR) is 56.9 cm³/mol. The largest absolute Gasteiger partial charge is 0.389 e. The summed E-state index contributed by atoms with van der Waals surface area (Å²) in [5.41, 5.74) is 0. The van der Waals surface area contributed by atoms with E-state index >= 15 is 0 Å². The Morgan fingerprint density at radius 3 is 2.88 bits per heavy atom. The van der Waals surface area contributed by atoms with Crippen molar-refractivity contribution in [2.75, 3.05) is 18.4 Å². The lowest BCUT2D eigenvalue weighted by molar-refractivity contribution is -0.142. The lowest BCUT2D eigenvalue weighted by Crippen LogP contribution is -2.54. The number of aliphatic hydroxyl groups is 1. The van der Waals surface area contributed by atoms with Crippen LogP contribution >= 0.6 is 0 Å². The summed E-state index contributed by atoms with van der Waals surface area (Å²) >= 11 is 0. The second kappa shape index (κ2) is 4.50. The first kappa shape index (κ1) is 11.5. The number of aromatic nitrogens is 3. The highest BCUT2D eigenvalue weighted by Crippen LogP contribution is 2.08. The third kappa shape index (κ3) is 2.78. The highest BCUT2D eigenvalue weighted by Gasteiger charge is 2.28. The van der Waals surface area contributed by atoms with Crippen molar-refractivity contribution < 1.29 is 14.7 Å².